The fraction of sp³-hybridized carbons (Fsp3) is 0.846. The monoisotopic (exact) mass is 286 g/mol. The van der Waals surface area contributed by atoms with Crippen molar-refractivity contribution in [3.63, 3.8) is 0 Å². The second kappa shape index (κ2) is 5.61. The molecule has 2 N–H and O–H groups in total. The molecule has 108 valence electrons. The van der Waals surface area contributed by atoms with E-state index in [4.69, 9.17) is 0 Å². The second-order valence-corrected chi connectivity index (χ2v) is 6.88. The molecule has 3 atom stereocenters. The zero-order valence-corrected chi connectivity index (χ0v) is 12.3. The van der Waals surface area contributed by atoms with Crippen LogP contribution >= 0.6 is 11.8 Å². The number of carbonyl (C=O) groups excluding carboxylic acids is 1. The number of rotatable bonds is 3. The lowest BCUT2D eigenvalue weighted by Gasteiger charge is -2.25. The smallest absolute Gasteiger partial charge is 0.317 e. The van der Waals surface area contributed by atoms with Crippen LogP contribution in [0.1, 0.15) is 32.6 Å². The minimum Gasteiger partial charge on any atom is -0.481 e. The lowest BCUT2D eigenvalue weighted by Crippen LogP contribution is -2.47. The van der Waals surface area contributed by atoms with Crippen LogP contribution in [0.5, 0.6) is 0 Å². The summed E-state index contributed by atoms with van der Waals surface area (Å²) in [4.78, 5) is 25.0. The molecule has 3 unspecified atom stereocenters. The Bertz CT molecular complexity index is 377. The Labute approximate surface area is 118 Å². The van der Waals surface area contributed by atoms with Gasteiger partial charge in [0.2, 0.25) is 0 Å². The van der Waals surface area contributed by atoms with Gasteiger partial charge in [0.25, 0.3) is 0 Å². The van der Waals surface area contributed by atoms with Crippen molar-refractivity contribution in [1.82, 2.24) is 10.2 Å². The predicted octanol–water partition coefficient (Wildman–Crippen LogP) is 1.78. The van der Waals surface area contributed by atoms with Crippen LogP contribution in [0.3, 0.4) is 0 Å². The van der Waals surface area contributed by atoms with Crippen molar-refractivity contribution in [2.24, 2.45) is 5.41 Å². The highest BCUT2D eigenvalue weighted by molar-refractivity contribution is 7.99. The van der Waals surface area contributed by atoms with Gasteiger partial charge in [0, 0.05) is 24.4 Å². The molecule has 6 heteroatoms. The number of carbonyl (C=O) groups is 2. The second-order valence-electron chi connectivity index (χ2n) is 5.80. The van der Waals surface area contributed by atoms with Gasteiger partial charge in [-0.1, -0.05) is 6.42 Å². The van der Waals surface area contributed by atoms with Crippen LogP contribution < -0.4 is 5.32 Å². The summed E-state index contributed by atoms with van der Waals surface area (Å²) in [5.41, 5.74) is -0.786. The summed E-state index contributed by atoms with van der Waals surface area (Å²) in [5, 5.41) is 12.7. The third kappa shape index (κ3) is 2.99. The summed E-state index contributed by atoms with van der Waals surface area (Å²) in [6, 6.07) is 0.134. The highest BCUT2D eigenvalue weighted by atomic mass is 32.2. The van der Waals surface area contributed by atoms with E-state index in [-0.39, 0.29) is 12.1 Å². The number of amides is 2. The lowest BCUT2D eigenvalue weighted by molar-refractivity contribution is -0.146. The summed E-state index contributed by atoms with van der Waals surface area (Å²) in [7, 11) is 0. The van der Waals surface area contributed by atoms with Gasteiger partial charge in [0.1, 0.15) is 0 Å². The van der Waals surface area contributed by atoms with Crippen LogP contribution in [0.15, 0.2) is 0 Å². The molecule has 19 heavy (non-hydrogen) atoms. The molecule has 0 radical (unpaired) electrons. The minimum absolute atomic E-state index is 0.101. The zero-order chi connectivity index (χ0) is 14.0. The first-order valence-electron chi connectivity index (χ1n) is 6.78. The third-order valence-electron chi connectivity index (χ3n) is 4.34. The van der Waals surface area contributed by atoms with E-state index >= 15 is 0 Å². The van der Waals surface area contributed by atoms with Crippen LogP contribution in [0.2, 0.25) is 0 Å². The molecule has 1 saturated heterocycles. The van der Waals surface area contributed by atoms with E-state index in [9.17, 15) is 14.7 Å². The molecule has 1 saturated carbocycles. The molecule has 2 aliphatic rings. The van der Waals surface area contributed by atoms with E-state index in [1.165, 1.54) is 0 Å². The molecule has 1 aliphatic heterocycles. The molecule has 0 aromatic carbocycles. The molecular weight excluding hydrogens is 264 g/mol. The van der Waals surface area contributed by atoms with Gasteiger partial charge in [-0.25, -0.2) is 4.79 Å². The first-order valence-corrected chi connectivity index (χ1v) is 8.07. The first kappa shape index (κ1) is 14.5. The number of urea groups is 1. The topological polar surface area (TPSA) is 69.6 Å². The van der Waals surface area contributed by atoms with Crippen LogP contribution in [-0.4, -0.2) is 52.6 Å². The van der Waals surface area contributed by atoms with Gasteiger partial charge < -0.3 is 15.3 Å². The highest BCUT2D eigenvalue weighted by Crippen LogP contribution is 2.31. The van der Waals surface area contributed by atoms with Crippen LogP contribution in [-0.2, 0) is 4.79 Å². The number of aliphatic carboxylic acids is 1. The molecule has 1 heterocycles. The fourth-order valence-electron chi connectivity index (χ4n) is 2.93. The van der Waals surface area contributed by atoms with Gasteiger partial charge in [0.05, 0.1) is 5.41 Å². The van der Waals surface area contributed by atoms with Gasteiger partial charge >= 0.3 is 12.0 Å². The van der Waals surface area contributed by atoms with Crippen molar-refractivity contribution >= 4 is 23.8 Å². The maximum absolute atomic E-state index is 12.2. The summed E-state index contributed by atoms with van der Waals surface area (Å²) < 4.78 is 0. The summed E-state index contributed by atoms with van der Waals surface area (Å²) >= 11 is 1.80. The quantitative estimate of drug-likeness (QED) is 0.829. The summed E-state index contributed by atoms with van der Waals surface area (Å²) in [6.07, 6.45) is 5.95. The number of nitrogens with zero attached hydrogens (tertiary/aromatic N) is 1. The maximum Gasteiger partial charge on any atom is 0.317 e. The number of hydrogen-bond acceptors (Lipinski definition) is 3. The predicted molar refractivity (Wildman–Crippen MR) is 75.4 cm³/mol. The summed E-state index contributed by atoms with van der Waals surface area (Å²) in [6.45, 7) is 2.55. The molecule has 2 amide bonds. The summed E-state index contributed by atoms with van der Waals surface area (Å²) in [5.74, 6) is -0.814. The van der Waals surface area contributed by atoms with Gasteiger partial charge in [-0.2, -0.15) is 11.8 Å². The standard InChI is InChI=1S/C13H22N2O3S/c1-13(11(16)17)6-7-15(8-13)12(18)14-9-4-3-5-10(9)19-2/h9-10H,3-8H2,1-2H3,(H,14,18)(H,16,17). The molecule has 0 bridgehead atoms. The van der Waals surface area contributed by atoms with E-state index < -0.39 is 11.4 Å². The Hall–Kier alpha value is -0.910. The van der Waals surface area contributed by atoms with Gasteiger partial charge in [0.15, 0.2) is 0 Å². The number of carboxylic acids is 1. The highest BCUT2D eigenvalue weighted by Gasteiger charge is 2.42. The molecule has 1 aliphatic carbocycles. The maximum atomic E-state index is 12.2. The molecule has 0 aromatic rings. The largest absolute Gasteiger partial charge is 0.481 e. The molecular formula is C13H22N2O3S. The Morgan fingerprint density at radius 2 is 2.16 bits per heavy atom. The number of likely N-dealkylation sites (tertiary alicyclic amines) is 1. The number of nitrogens with one attached hydrogen (secondary N) is 1. The fourth-order valence-corrected chi connectivity index (χ4v) is 3.87. The Kier molecular flexibility index (Phi) is 4.28. The van der Waals surface area contributed by atoms with Crippen molar-refractivity contribution in [3.05, 3.63) is 0 Å². The third-order valence-corrected chi connectivity index (χ3v) is 5.51. The SMILES string of the molecule is CSC1CCCC1NC(=O)N1CCC(C)(C(=O)O)C1. The Morgan fingerprint density at radius 3 is 2.74 bits per heavy atom. The van der Waals surface area contributed by atoms with E-state index in [1.54, 1.807) is 23.6 Å². The van der Waals surface area contributed by atoms with E-state index in [0.29, 0.717) is 24.8 Å². The number of thioether (sulfide) groups is 1. The van der Waals surface area contributed by atoms with Gasteiger partial charge in [-0.3, -0.25) is 4.79 Å². The Morgan fingerprint density at radius 1 is 1.42 bits per heavy atom. The van der Waals surface area contributed by atoms with Crippen molar-refractivity contribution in [2.75, 3.05) is 19.3 Å². The van der Waals surface area contributed by atoms with Crippen molar-refractivity contribution in [1.29, 1.82) is 0 Å². The average Bonchev–Trinajstić information content (AvgIpc) is 2.96. The van der Waals surface area contributed by atoms with Crippen molar-refractivity contribution < 1.29 is 14.7 Å². The van der Waals surface area contributed by atoms with Crippen molar-refractivity contribution in [2.45, 2.75) is 43.9 Å². The van der Waals surface area contributed by atoms with E-state index in [1.807, 2.05) is 0 Å². The molecule has 2 rings (SSSR count). The number of carboxylic acid groups (broad SMARTS) is 1. The lowest BCUT2D eigenvalue weighted by atomic mass is 9.90. The number of hydrogen-bond donors (Lipinski definition) is 2. The van der Waals surface area contributed by atoms with Crippen LogP contribution in [0, 0.1) is 5.41 Å². The first-order chi connectivity index (χ1) is 8.96. The molecule has 5 nitrogen and oxygen atoms in total. The normalized spacial score (nSPS) is 34.5. The van der Waals surface area contributed by atoms with E-state index in [2.05, 4.69) is 11.6 Å². The molecule has 0 aromatic heterocycles. The van der Waals surface area contributed by atoms with Crippen LogP contribution in [0.4, 0.5) is 4.79 Å². The van der Waals surface area contributed by atoms with Gasteiger partial charge in [-0.15, -0.1) is 0 Å². The molecule has 0 spiro atoms. The molecule has 2 fully saturated rings. The zero-order valence-electron chi connectivity index (χ0n) is 11.5. The Balaban J connectivity index is 1.90. The van der Waals surface area contributed by atoms with Crippen molar-refractivity contribution in [3.8, 4) is 0 Å². The van der Waals surface area contributed by atoms with Crippen LogP contribution in [0.25, 0.3) is 0 Å². The minimum atomic E-state index is -0.814. The van der Waals surface area contributed by atoms with Gasteiger partial charge in [-0.05, 0) is 32.4 Å². The average molecular weight is 286 g/mol. The van der Waals surface area contributed by atoms with E-state index in [0.717, 1.165) is 19.3 Å².